The summed E-state index contributed by atoms with van der Waals surface area (Å²) in [5.41, 5.74) is 1.09. The van der Waals surface area contributed by atoms with Crippen LogP contribution in [-0.4, -0.2) is 18.4 Å². The van der Waals surface area contributed by atoms with Crippen LogP contribution in [0.15, 0.2) is 35.7 Å². The maximum atomic E-state index is 12.0. The lowest BCUT2D eigenvalue weighted by molar-refractivity contribution is -0.119. The second kappa shape index (κ2) is 5.97. The number of benzene rings is 1. The Hall–Kier alpha value is -2.34. The van der Waals surface area contributed by atoms with Crippen molar-refractivity contribution in [1.82, 2.24) is 0 Å². The molecule has 108 valence electrons. The SMILES string of the molecule is O=C(CCc1cccs1)Nc1cccc2c1NC(=O)CO2. The summed E-state index contributed by atoms with van der Waals surface area (Å²) < 4.78 is 5.32. The van der Waals surface area contributed by atoms with E-state index in [1.54, 1.807) is 29.5 Å². The first kappa shape index (κ1) is 13.6. The second-order valence-electron chi connectivity index (χ2n) is 4.64. The number of hydrogen-bond donors (Lipinski definition) is 2. The Balaban J connectivity index is 1.67. The van der Waals surface area contributed by atoms with Gasteiger partial charge in [-0.1, -0.05) is 12.1 Å². The van der Waals surface area contributed by atoms with Crippen molar-refractivity contribution >= 4 is 34.5 Å². The van der Waals surface area contributed by atoms with Crippen LogP contribution in [0, 0.1) is 0 Å². The van der Waals surface area contributed by atoms with E-state index in [4.69, 9.17) is 4.74 Å². The van der Waals surface area contributed by atoms with Crippen molar-refractivity contribution in [3.8, 4) is 5.75 Å². The molecule has 0 spiro atoms. The van der Waals surface area contributed by atoms with E-state index < -0.39 is 0 Å². The van der Waals surface area contributed by atoms with Crippen LogP contribution in [0.5, 0.6) is 5.75 Å². The van der Waals surface area contributed by atoms with Crippen molar-refractivity contribution in [2.24, 2.45) is 0 Å². The summed E-state index contributed by atoms with van der Waals surface area (Å²) >= 11 is 1.64. The zero-order chi connectivity index (χ0) is 14.7. The molecule has 2 aromatic rings. The molecule has 0 atom stereocenters. The molecule has 1 aliphatic rings. The van der Waals surface area contributed by atoms with Gasteiger partial charge in [0, 0.05) is 11.3 Å². The smallest absolute Gasteiger partial charge is 0.262 e. The predicted molar refractivity (Wildman–Crippen MR) is 81.8 cm³/mol. The average molecular weight is 302 g/mol. The fraction of sp³-hybridized carbons (Fsp3) is 0.200. The molecule has 0 fully saturated rings. The van der Waals surface area contributed by atoms with Gasteiger partial charge < -0.3 is 15.4 Å². The number of carbonyl (C=O) groups excluding carboxylic acids is 2. The van der Waals surface area contributed by atoms with Gasteiger partial charge in [-0.3, -0.25) is 9.59 Å². The van der Waals surface area contributed by atoms with Crippen LogP contribution in [0.25, 0.3) is 0 Å². The van der Waals surface area contributed by atoms with E-state index in [0.717, 1.165) is 0 Å². The lowest BCUT2D eigenvalue weighted by Crippen LogP contribution is -2.26. The number of thiophene rings is 1. The Morgan fingerprint density at radius 3 is 3.05 bits per heavy atom. The number of para-hydroxylation sites is 1. The molecule has 0 saturated carbocycles. The number of rotatable bonds is 4. The molecule has 1 aromatic heterocycles. The van der Waals surface area contributed by atoms with E-state index in [9.17, 15) is 9.59 Å². The molecule has 0 radical (unpaired) electrons. The summed E-state index contributed by atoms with van der Waals surface area (Å²) in [6.07, 6.45) is 1.11. The molecule has 0 bridgehead atoms. The number of nitrogens with one attached hydrogen (secondary N) is 2. The lowest BCUT2D eigenvalue weighted by atomic mass is 10.2. The highest BCUT2D eigenvalue weighted by Gasteiger charge is 2.19. The van der Waals surface area contributed by atoms with Crippen molar-refractivity contribution in [2.45, 2.75) is 12.8 Å². The molecule has 2 amide bonds. The molecule has 1 aromatic carbocycles. The molecule has 5 nitrogen and oxygen atoms in total. The van der Waals surface area contributed by atoms with Crippen molar-refractivity contribution in [1.29, 1.82) is 0 Å². The second-order valence-corrected chi connectivity index (χ2v) is 5.68. The van der Waals surface area contributed by atoms with E-state index in [2.05, 4.69) is 10.6 Å². The number of hydrogen-bond acceptors (Lipinski definition) is 4. The molecule has 0 saturated heterocycles. The van der Waals surface area contributed by atoms with Gasteiger partial charge >= 0.3 is 0 Å². The van der Waals surface area contributed by atoms with Gasteiger partial charge in [-0.15, -0.1) is 11.3 Å². The molecule has 3 rings (SSSR count). The van der Waals surface area contributed by atoms with Gasteiger partial charge in [-0.25, -0.2) is 0 Å². The Morgan fingerprint density at radius 1 is 1.33 bits per heavy atom. The van der Waals surface area contributed by atoms with E-state index in [1.807, 2.05) is 17.5 Å². The lowest BCUT2D eigenvalue weighted by Gasteiger charge is -2.20. The Bertz CT molecular complexity index is 668. The number of ether oxygens (including phenoxy) is 1. The summed E-state index contributed by atoms with van der Waals surface area (Å²) in [7, 11) is 0. The number of aryl methyl sites for hydroxylation is 1. The largest absolute Gasteiger partial charge is 0.481 e. The minimum atomic E-state index is -0.220. The van der Waals surface area contributed by atoms with Gasteiger partial charge in [0.25, 0.3) is 5.91 Å². The molecule has 0 aliphatic carbocycles. The Labute approximate surface area is 125 Å². The van der Waals surface area contributed by atoms with Crippen molar-refractivity contribution in [3.05, 3.63) is 40.6 Å². The zero-order valence-electron chi connectivity index (χ0n) is 11.2. The fourth-order valence-electron chi connectivity index (χ4n) is 2.11. The normalized spacial score (nSPS) is 13.0. The Kier molecular flexibility index (Phi) is 3.87. The summed E-state index contributed by atoms with van der Waals surface area (Å²) in [5.74, 6) is 0.269. The summed E-state index contributed by atoms with van der Waals surface area (Å²) in [4.78, 5) is 24.6. The van der Waals surface area contributed by atoms with Crippen LogP contribution in [0.2, 0.25) is 0 Å². The first-order valence-electron chi connectivity index (χ1n) is 6.60. The number of anilines is 2. The molecule has 21 heavy (non-hydrogen) atoms. The highest BCUT2D eigenvalue weighted by molar-refractivity contribution is 7.09. The summed E-state index contributed by atoms with van der Waals surface area (Å²) in [6.45, 7) is 0.00276. The zero-order valence-corrected chi connectivity index (χ0v) is 12.0. The van der Waals surface area contributed by atoms with Gasteiger partial charge in [0.15, 0.2) is 6.61 Å². The molecule has 1 aliphatic heterocycles. The third kappa shape index (κ3) is 3.22. The minimum Gasteiger partial charge on any atom is -0.481 e. The van der Waals surface area contributed by atoms with Gasteiger partial charge in [-0.2, -0.15) is 0 Å². The third-order valence-electron chi connectivity index (χ3n) is 3.10. The topological polar surface area (TPSA) is 67.4 Å². The molecule has 2 N–H and O–H groups in total. The van der Waals surface area contributed by atoms with E-state index in [0.29, 0.717) is 30.0 Å². The van der Waals surface area contributed by atoms with Gasteiger partial charge in [0.2, 0.25) is 5.91 Å². The van der Waals surface area contributed by atoms with E-state index >= 15 is 0 Å². The third-order valence-corrected chi connectivity index (χ3v) is 4.04. The van der Waals surface area contributed by atoms with Crippen LogP contribution >= 0.6 is 11.3 Å². The van der Waals surface area contributed by atoms with Gasteiger partial charge in [-0.05, 0) is 30.0 Å². The van der Waals surface area contributed by atoms with Gasteiger partial charge in [0.05, 0.1) is 5.69 Å². The maximum absolute atomic E-state index is 12.0. The van der Waals surface area contributed by atoms with Crippen LogP contribution in [0.1, 0.15) is 11.3 Å². The molecule has 0 unspecified atom stereocenters. The molecular formula is C15H14N2O3S. The molecular weight excluding hydrogens is 288 g/mol. The van der Waals surface area contributed by atoms with E-state index in [-0.39, 0.29) is 18.4 Å². The van der Waals surface area contributed by atoms with Gasteiger partial charge in [0.1, 0.15) is 11.4 Å². The van der Waals surface area contributed by atoms with Crippen LogP contribution in [0.4, 0.5) is 11.4 Å². The van der Waals surface area contributed by atoms with Crippen molar-refractivity contribution in [2.75, 3.05) is 17.2 Å². The average Bonchev–Trinajstić information content (AvgIpc) is 2.99. The monoisotopic (exact) mass is 302 g/mol. The van der Waals surface area contributed by atoms with Crippen LogP contribution in [-0.2, 0) is 16.0 Å². The van der Waals surface area contributed by atoms with Crippen molar-refractivity contribution < 1.29 is 14.3 Å². The highest BCUT2D eigenvalue weighted by atomic mass is 32.1. The highest BCUT2D eigenvalue weighted by Crippen LogP contribution is 2.34. The van der Waals surface area contributed by atoms with E-state index in [1.165, 1.54) is 4.88 Å². The van der Waals surface area contributed by atoms with Crippen molar-refractivity contribution in [3.63, 3.8) is 0 Å². The summed E-state index contributed by atoms with van der Waals surface area (Å²) in [6, 6.07) is 9.27. The number of carbonyl (C=O) groups is 2. The quantitative estimate of drug-likeness (QED) is 0.912. The number of amides is 2. The molecule has 6 heteroatoms. The molecule has 2 heterocycles. The standard InChI is InChI=1S/C15H14N2O3S/c18-13(7-6-10-3-2-8-21-10)16-11-4-1-5-12-15(11)17-14(19)9-20-12/h1-5,8H,6-7,9H2,(H,16,18)(H,17,19). The number of fused-ring (bicyclic) bond motifs is 1. The predicted octanol–water partition coefficient (Wildman–Crippen LogP) is 2.65. The van der Waals surface area contributed by atoms with Crippen LogP contribution < -0.4 is 15.4 Å². The fourth-order valence-corrected chi connectivity index (χ4v) is 2.82. The maximum Gasteiger partial charge on any atom is 0.262 e. The Morgan fingerprint density at radius 2 is 2.24 bits per heavy atom. The summed E-state index contributed by atoms with van der Waals surface area (Å²) in [5, 5.41) is 7.54. The first-order chi connectivity index (χ1) is 10.2. The van der Waals surface area contributed by atoms with Crippen LogP contribution in [0.3, 0.4) is 0 Å². The minimum absolute atomic E-state index is 0.00276. The first-order valence-corrected chi connectivity index (χ1v) is 7.48.